The number of fused-ring (bicyclic) bond motifs is 1. The van der Waals surface area contributed by atoms with Crippen molar-refractivity contribution in [3.8, 4) is 17.3 Å². The zero-order valence-electron chi connectivity index (χ0n) is 22.9. The highest BCUT2D eigenvalue weighted by atomic mass is 32.2. The molecule has 11 nitrogen and oxygen atoms in total. The topological polar surface area (TPSA) is 158 Å². The Morgan fingerprint density at radius 3 is 2.58 bits per heavy atom. The second-order valence-corrected chi connectivity index (χ2v) is 11.4. The normalized spacial score (nSPS) is 11.5. The SMILES string of the molecule is Cc1cc2cc(C(=O)c3cnn(-c4cnc(Oc5ccccc5F)cc4C)c3N)[nH]c2cc1NS(=O)(=O)c1cccnc1. The van der Waals surface area contributed by atoms with E-state index in [2.05, 4.69) is 24.8 Å². The minimum absolute atomic E-state index is 0.0297. The molecule has 4 aromatic heterocycles. The standard InChI is InChI=1S/C30H24FN7O4S/c1-17-10-19-12-25(36-24(19)13-23(17)37-43(40,41)20-6-5-9-33-14-20)29(39)21-15-35-38(30(21)32)26-16-34-28(11-18(26)2)42-27-8-4-3-7-22(27)31/h3-16,36-37H,32H2,1-2H3. The largest absolute Gasteiger partial charge is 0.436 e. The Labute approximate surface area is 245 Å². The van der Waals surface area contributed by atoms with Gasteiger partial charge in [-0.1, -0.05) is 12.1 Å². The average molecular weight is 598 g/mol. The van der Waals surface area contributed by atoms with E-state index in [9.17, 15) is 17.6 Å². The fourth-order valence-corrected chi connectivity index (χ4v) is 5.63. The molecule has 0 aliphatic heterocycles. The van der Waals surface area contributed by atoms with Crippen LogP contribution in [0.25, 0.3) is 16.6 Å². The number of carbonyl (C=O) groups excluding carboxylic acids is 1. The first-order valence-corrected chi connectivity index (χ1v) is 14.4. The number of rotatable bonds is 8. The van der Waals surface area contributed by atoms with Crippen LogP contribution in [0.1, 0.15) is 27.2 Å². The van der Waals surface area contributed by atoms with Gasteiger partial charge in [0.15, 0.2) is 11.6 Å². The molecule has 0 saturated carbocycles. The number of sulfonamides is 1. The fraction of sp³-hybridized carbons (Fsp3) is 0.0667. The first-order valence-electron chi connectivity index (χ1n) is 12.9. The molecule has 0 aliphatic carbocycles. The molecule has 13 heteroatoms. The number of halogens is 1. The summed E-state index contributed by atoms with van der Waals surface area (Å²) < 4.78 is 49.1. The number of aromatic amines is 1. The molecule has 4 N–H and O–H groups in total. The molecule has 6 rings (SSSR count). The lowest BCUT2D eigenvalue weighted by Crippen LogP contribution is -2.13. The van der Waals surface area contributed by atoms with Crippen LogP contribution in [0.3, 0.4) is 0 Å². The van der Waals surface area contributed by atoms with E-state index >= 15 is 0 Å². The molecule has 0 radical (unpaired) electrons. The van der Waals surface area contributed by atoms with Gasteiger partial charge in [-0.2, -0.15) is 5.10 Å². The summed E-state index contributed by atoms with van der Waals surface area (Å²) in [5.74, 6) is -0.596. The number of H-pyrrole nitrogens is 1. The molecule has 43 heavy (non-hydrogen) atoms. The number of aryl methyl sites for hydroxylation is 2. The number of nitrogen functional groups attached to an aromatic ring is 1. The van der Waals surface area contributed by atoms with Crippen molar-refractivity contribution >= 4 is 38.2 Å². The number of nitrogens with two attached hydrogens (primary N) is 1. The maximum atomic E-state index is 14.0. The molecule has 0 unspecified atom stereocenters. The van der Waals surface area contributed by atoms with Gasteiger partial charge in [0, 0.05) is 29.4 Å². The van der Waals surface area contributed by atoms with Gasteiger partial charge in [0.05, 0.1) is 35.0 Å². The van der Waals surface area contributed by atoms with E-state index in [1.54, 1.807) is 50.2 Å². The van der Waals surface area contributed by atoms with Gasteiger partial charge >= 0.3 is 0 Å². The molecule has 0 saturated heterocycles. The monoisotopic (exact) mass is 597 g/mol. The summed E-state index contributed by atoms with van der Waals surface area (Å²) in [5, 5.41) is 5.02. The molecule has 0 bridgehead atoms. The minimum atomic E-state index is -3.86. The molecule has 0 atom stereocenters. The number of ketones is 1. The number of carbonyl (C=O) groups is 1. The first kappa shape index (κ1) is 27.6. The number of para-hydroxylation sites is 1. The fourth-order valence-electron chi connectivity index (χ4n) is 4.55. The van der Waals surface area contributed by atoms with Crippen LogP contribution in [0.4, 0.5) is 15.9 Å². The lowest BCUT2D eigenvalue weighted by Gasteiger charge is -2.11. The van der Waals surface area contributed by atoms with Gasteiger partial charge in [0.25, 0.3) is 10.0 Å². The van der Waals surface area contributed by atoms with Crippen LogP contribution in [0.5, 0.6) is 11.6 Å². The van der Waals surface area contributed by atoms with E-state index in [1.165, 1.54) is 53.7 Å². The number of benzene rings is 2. The van der Waals surface area contributed by atoms with E-state index in [0.29, 0.717) is 33.4 Å². The Balaban J connectivity index is 1.26. The summed E-state index contributed by atoms with van der Waals surface area (Å²) in [6.07, 6.45) is 5.59. The Bertz CT molecular complexity index is 2130. The molecular formula is C30H24FN7O4S. The van der Waals surface area contributed by atoms with Gasteiger partial charge in [0.1, 0.15) is 10.7 Å². The van der Waals surface area contributed by atoms with Crippen molar-refractivity contribution in [3.05, 3.63) is 114 Å². The van der Waals surface area contributed by atoms with Crippen molar-refractivity contribution < 1.29 is 22.3 Å². The molecule has 216 valence electrons. The van der Waals surface area contributed by atoms with Gasteiger partial charge in [-0.05, 0) is 67.4 Å². The Morgan fingerprint density at radius 2 is 1.84 bits per heavy atom. The third-order valence-corrected chi connectivity index (χ3v) is 8.14. The number of aromatic nitrogens is 5. The van der Waals surface area contributed by atoms with Crippen molar-refractivity contribution in [2.24, 2.45) is 0 Å². The van der Waals surface area contributed by atoms with Gasteiger partial charge in [-0.3, -0.25) is 14.5 Å². The van der Waals surface area contributed by atoms with Crippen LogP contribution in [0.15, 0.2) is 90.3 Å². The molecule has 0 fully saturated rings. The first-order chi connectivity index (χ1) is 20.6. The van der Waals surface area contributed by atoms with E-state index in [0.717, 1.165) is 0 Å². The van der Waals surface area contributed by atoms with Crippen LogP contribution in [-0.4, -0.2) is 38.9 Å². The number of nitrogens with one attached hydrogen (secondary N) is 2. The van der Waals surface area contributed by atoms with E-state index in [4.69, 9.17) is 10.5 Å². The number of pyridine rings is 2. The predicted octanol–water partition coefficient (Wildman–Crippen LogP) is 5.31. The lowest BCUT2D eigenvalue weighted by atomic mass is 10.1. The summed E-state index contributed by atoms with van der Waals surface area (Å²) in [5.41, 5.74) is 9.53. The van der Waals surface area contributed by atoms with Crippen molar-refractivity contribution in [1.29, 1.82) is 0 Å². The van der Waals surface area contributed by atoms with Gasteiger partial charge in [-0.15, -0.1) is 0 Å². The van der Waals surface area contributed by atoms with Crippen molar-refractivity contribution in [1.82, 2.24) is 24.7 Å². The molecule has 0 spiro atoms. The van der Waals surface area contributed by atoms with Crippen LogP contribution in [-0.2, 0) is 10.0 Å². The zero-order valence-corrected chi connectivity index (χ0v) is 23.7. The molecule has 0 amide bonds. The number of ether oxygens (including phenoxy) is 1. The highest BCUT2D eigenvalue weighted by Crippen LogP contribution is 2.30. The number of nitrogens with zero attached hydrogens (tertiary/aromatic N) is 4. The van der Waals surface area contributed by atoms with Crippen LogP contribution in [0, 0.1) is 19.7 Å². The van der Waals surface area contributed by atoms with E-state index in [-0.39, 0.29) is 33.6 Å². The maximum Gasteiger partial charge on any atom is 0.263 e. The summed E-state index contributed by atoms with van der Waals surface area (Å²) in [6.45, 7) is 3.55. The minimum Gasteiger partial charge on any atom is -0.436 e. The maximum absolute atomic E-state index is 14.0. The van der Waals surface area contributed by atoms with E-state index < -0.39 is 21.6 Å². The highest BCUT2D eigenvalue weighted by molar-refractivity contribution is 7.92. The van der Waals surface area contributed by atoms with Crippen molar-refractivity contribution in [2.75, 3.05) is 10.5 Å². The molecule has 0 aliphatic rings. The number of hydrogen-bond acceptors (Lipinski definition) is 8. The van der Waals surface area contributed by atoms with Crippen LogP contribution >= 0.6 is 0 Å². The molecule has 2 aromatic carbocycles. The zero-order chi connectivity index (χ0) is 30.3. The highest BCUT2D eigenvalue weighted by Gasteiger charge is 2.22. The summed E-state index contributed by atoms with van der Waals surface area (Å²) in [7, 11) is -3.86. The lowest BCUT2D eigenvalue weighted by molar-refractivity contribution is 0.103. The molecular weight excluding hydrogens is 573 g/mol. The van der Waals surface area contributed by atoms with Gasteiger partial charge in [-0.25, -0.2) is 22.5 Å². The van der Waals surface area contributed by atoms with E-state index in [1.807, 2.05) is 0 Å². The second kappa shape index (κ2) is 10.7. The Hall–Kier alpha value is -5.56. The van der Waals surface area contributed by atoms with Gasteiger partial charge < -0.3 is 15.5 Å². The molecule has 4 heterocycles. The predicted molar refractivity (Wildman–Crippen MR) is 158 cm³/mol. The smallest absolute Gasteiger partial charge is 0.263 e. The second-order valence-electron chi connectivity index (χ2n) is 9.76. The number of hydrogen-bond donors (Lipinski definition) is 3. The van der Waals surface area contributed by atoms with Crippen molar-refractivity contribution in [2.45, 2.75) is 18.7 Å². The third-order valence-electron chi connectivity index (χ3n) is 6.79. The molecule has 6 aromatic rings. The van der Waals surface area contributed by atoms with Crippen LogP contribution in [0.2, 0.25) is 0 Å². The van der Waals surface area contributed by atoms with Gasteiger partial charge in [0.2, 0.25) is 11.7 Å². The summed E-state index contributed by atoms with van der Waals surface area (Å²) >= 11 is 0. The van der Waals surface area contributed by atoms with Crippen LogP contribution < -0.4 is 15.2 Å². The quantitative estimate of drug-likeness (QED) is 0.199. The Morgan fingerprint density at radius 1 is 1.02 bits per heavy atom. The summed E-state index contributed by atoms with van der Waals surface area (Å²) in [4.78, 5) is 24.7. The average Bonchev–Trinajstić information content (AvgIpc) is 3.57. The summed E-state index contributed by atoms with van der Waals surface area (Å²) in [6, 6.07) is 15.7. The van der Waals surface area contributed by atoms with Crippen molar-refractivity contribution in [3.63, 3.8) is 0 Å². The third kappa shape index (κ3) is 5.28. The Kier molecular flexibility index (Phi) is 6.86. The number of anilines is 2.